The van der Waals surface area contributed by atoms with Crippen molar-refractivity contribution in [2.75, 3.05) is 64.8 Å². The van der Waals surface area contributed by atoms with E-state index in [4.69, 9.17) is 23.7 Å². The number of hydrogen-bond donors (Lipinski definition) is 1. The highest BCUT2D eigenvalue weighted by Crippen LogP contribution is 2.32. The van der Waals surface area contributed by atoms with Crippen LogP contribution < -0.4 is 5.32 Å². The monoisotopic (exact) mass is 485 g/mol. The fourth-order valence-corrected chi connectivity index (χ4v) is 2.77. The number of anilines is 2. The summed E-state index contributed by atoms with van der Waals surface area (Å²) in [7, 11) is 0. The first-order chi connectivity index (χ1) is 16.4. The molecule has 2 aromatic rings. The molecular formula is C24H30F3NO6. The lowest BCUT2D eigenvalue weighted by atomic mass is 10.1. The van der Waals surface area contributed by atoms with Crippen molar-refractivity contribution >= 4 is 17.3 Å². The third-order valence-electron chi connectivity index (χ3n) is 4.40. The standard InChI is InChI=1S/C24H30F3NO6/c1-2-30-10-11-31-12-13-32-14-15-33-16-17-34-23(29)21-8-3-4-9-22(21)28-20-7-5-6-19(18-20)24(25,26)27/h3-9,18,28H,2,10-17H2,1H3. The molecule has 0 aliphatic rings. The third-order valence-corrected chi connectivity index (χ3v) is 4.40. The van der Waals surface area contributed by atoms with Gasteiger partial charge in [-0.3, -0.25) is 0 Å². The van der Waals surface area contributed by atoms with Crippen molar-refractivity contribution in [1.29, 1.82) is 0 Å². The summed E-state index contributed by atoms with van der Waals surface area (Å²) in [5, 5.41) is 2.85. The molecule has 0 heterocycles. The first kappa shape index (κ1) is 27.6. The van der Waals surface area contributed by atoms with Crippen LogP contribution in [0.4, 0.5) is 24.5 Å². The zero-order valence-electron chi connectivity index (χ0n) is 19.1. The van der Waals surface area contributed by atoms with Gasteiger partial charge in [0, 0.05) is 12.3 Å². The summed E-state index contributed by atoms with van der Waals surface area (Å²) < 4.78 is 65.2. The molecule has 34 heavy (non-hydrogen) atoms. The van der Waals surface area contributed by atoms with Gasteiger partial charge >= 0.3 is 12.1 Å². The highest BCUT2D eigenvalue weighted by atomic mass is 19.4. The number of ether oxygens (including phenoxy) is 5. The summed E-state index contributed by atoms with van der Waals surface area (Å²) in [5.41, 5.74) is -0.0388. The molecule has 188 valence electrons. The van der Waals surface area contributed by atoms with Crippen LogP contribution in [0, 0.1) is 0 Å². The molecule has 0 aromatic heterocycles. The average Bonchev–Trinajstić information content (AvgIpc) is 2.82. The highest BCUT2D eigenvalue weighted by molar-refractivity contribution is 5.96. The number of benzene rings is 2. The molecule has 10 heteroatoms. The predicted octanol–water partition coefficient (Wildman–Crippen LogP) is 4.69. The molecule has 0 radical (unpaired) electrons. The van der Waals surface area contributed by atoms with Gasteiger partial charge in [0.15, 0.2) is 0 Å². The van der Waals surface area contributed by atoms with Gasteiger partial charge in [0.1, 0.15) is 6.61 Å². The normalized spacial score (nSPS) is 11.4. The van der Waals surface area contributed by atoms with Gasteiger partial charge < -0.3 is 29.0 Å². The van der Waals surface area contributed by atoms with Crippen LogP contribution in [0.1, 0.15) is 22.8 Å². The van der Waals surface area contributed by atoms with Gasteiger partial charge in [-0.15, -0.1) is 0 Å². The molecule has 0 fully saturated rings. The van der Waals surface area contributed by atoms with Gasteiger partial charge in [-0.2, -0.15) is 13.2 Å². The maximum absolute atomic E-state index is 12.9. The van der Waals surface area contributed by atoms with Crippen molar-refractivity contribution in [3.05, 3.63) is 59.7 Å². The fraction of sp³-hybridized carbons (Fsp3) is 0.458. The first-order valence-corrected chi connectivity index (χ1v) is 10.9. The molecule has 0 unspecified atom stereocenters. The molecule has 0 saturated heterocycles. The minimum Gasteiger partial charge on any atom is -0.460 e. The molecule has 7 nitrogen and oxygen atoms in total. The lowest BCUT2D eigenvalue weighted by molar-refractivity contribution is -0.137. The van der Waals surface area contributed by atoms with Gasteiger partial charge in [0.25, 0.3) is 0 Å². The van der Waals surface area contributed by atoms with Crippen LogP contribution in [-0.4, -0.2) is 65.4 Å². The second-order valence-corrected chi connectivity index (χ2v) is 6.92. The predicted molar refractivity (Wildman–Crippen MR) is 120 cm³/mol. The molecule has 0 aliphatic carbocycles. The second kappa shape index (κ2) is 15.3. The summed E-state index contributed by atoms with van der Waals surface area (Å²) in [6, 6.07) is 11.2. The summed E-state index contributed by atoms with van der Waals surface area (Å²) in [6.07, 6.45) is -4.46. The van der Waals surface area contributed by atoms with Gasteiger partial charge in [0.05, 0.1) is 63.1 Å². The van der Waals surface area contributed by atoms with E-state index in [1.54, 1.807) is 18.2 Å². The number of para-hydroxylation sites is 1. The lowest BCUT2D eigenvalue weighted by Crippen LogP contribution is -2.15. The van der Waals surface area contributed by atoms with Crippen LogP contribution in [0.5, 0.6) is 0 Å². The molecule has 0 spiro atoms. The van der Waals surface area contributed by atoms with Crippen LogP contribution in [0.15, 0.2) is 48.5 Å². The van der Waals surface area contributed by atoms with E-state index in [0.717, 1.165) is 12.1 Å². The van der Waals surface area contributed by atoms with Crippen LogP contribution in [0.3, 0.4) is 0 Å². The second-order valence-electron chi connectivity index (χ2n) is 6.92. The maximum Gasteiger partial charge on any atom is 0.416 e. The summed E-state index contributed by atoms with van der Waals surface area (Å²) >= 11 is 0. The fourth-order valence-electron chi connectivity index (χ4n) is 2.77. The molecule has 0 aliphatic heterocycles. The topological polar surface area (TPSA) is 75.2 Å². The number of carbonyl (C=O) groups excluding carboxylic acids is 1. The van der Waals surface area contributed by atoms with E-state index in [9.17, 15) is 18.0 Å². The minimum atomic E-state index is -4.46. The number of halogens is 3. The maximum atomic E-state index is 12.9. The zero-order chi connectivity index (χ0) is 24.7. The van der Waals surface area contributed by atoms with E-state index in [0.29, 0.717) is 51.9 Å². The van der Waals surface area contributed by atoms with E-state index in [-0.39, 0.29) is 24.5 Å². The number of carbonyl (C=O) groups is 1. The van der Waals surface area contributed by atoms with Gasteiger partial charge in [0.2, 0.25) is 0 Å². The largest absolute Gasteiger partial charge is 0.460 e. The molecule has 2 rings (SSSR count). The molecule has 1 N–H and O–H groups in total. The molecule has 0 saturated carbocycles. The Bertz CT molecular complexity index is 863. The molecule has 0 atom stereocenters. The van der Waals surface area contributed by atoms with Gasteiger partial charge in [-0.1, -0.05) is 18.2 Å². The Balaban J connectivity index is 1.68. The SMILES string of the molecule is CCOCCOCCOCCOCCOC(=O)c1ccccc1Nc1cccc(C(F)(F)F)c1. The minimum absolute atomic E-state index is 0.0251. The van der Waals surface area contributed by atoms with Crippen LogP contribution in [0.2, 0.25) is 0 Å². The van der Waals surface area contributed by atoms with E-state index in [1.807, 2.05) is 6.92 Å². The number of rotatable bonds is 16. The van der Waals surface area contributed by atoms with Crippen molar-refractivity contribution in [2.24, 2.45) is 0 Å². The van der Waals surface area contributed by atoms with Crippen molar-refractivity contribution in [2.45, 2.75) is 13.1 Å². The number of hydrogen-bond acceptors (Lipinski definition) is 7. The van der Waals surface area contributed by atoms with Crippen molar-refractivity contribution in [1.82, 2.24) is 0 Å². The highest BCUT2D eigenvalue weighted by Gasteiger charge is 2.30. The van der Waals surface area contributed by atoms with E-state index in [2.05, 4.69) is 5.32 Å². The smallest absolute Gasteiger partial charge is 0.416 e. The van der Waals surface area contributed by atoms with Crippen molar-refractivity contribution < 1.29 is 41.7 Å². The number of alkyl halides is 3. The van der Waals surface area contributed by atoms with Gasteiger partial charge in [-0.25, -0.2) is 4.79 Å². The Kier molecular flexibility index (Phi) is 12.4. The summed E-state index contributed by atoms with van der Waals surface area (Å²) in [6.45, 7) is 5.51. The Hall–Kier alpha value is -2.66. The summed E-state index contributed by atoms with van der Waals surface area (Å²) in [4.78, 5) is 12.4. The van der Waals surface area contributed by atoms with E-state index >= 15 is 0 Å². The average molecular weight is 485 g/mol. The Morgan fingerprint density at radius 3 is 2.00 bits per heavy atom. The van der Waals surface area contributed by atoms with Crippen molar-refractivity contribution in [3.8, 4) is 0 Å². The van der Waals surface area contributed by atoms with Crippen molar-refractivity contribution in [3.63, 3.8) is 0 Å². The quantitative estimate of drug-likeness (QED) is 0.273. The Morgan fingerprint density at radius 2 is 1.38 bits per heavy atom. The first-order valence-electron chi connectivity index (χ1n) is 10.9. The summed E-state index contributed by atoms with van der Waals surface area (Å²) in [5.74, 6) is -0.612. The number of esters is 1. The molecule has 2 aromatic carbocycles. The van der Waals surface area contributed by atoms with Crippen LogP contribution in [0.25, 0.3) is 0 Å². The molecule has 0 bridgehead atoms. The third kappa shape index (κ3) is 10.5. The molecular weight excluding hydrogens is 455 g/mol. The molecule has 0 amide bonds. The zero-order valence-corrected chi connectivity index (χ0v) is 19.1. The van der Waals surface area contributed by atoms with Crippen LogP contribution in [-0.2, 0) is 29.9 Å². The Labute approximate surface area is 197 Å². The lowest BCUT2D eigenvalue weighted by Gasteiger charge is -2.13. The van der Waals surface area contributed by atoms with Crippen LogP contribution >= 0.6 is 0 Å². The van der Waals surface area contributed by atoms with E-state index in [1.165, 1.54) is 18.2 Å². The van der Waals surface area contributed by atoms with E-state index < -0.39 is 17.7 Å². The van der Waals surface area contributed by atoms with Gasteiger partial charge in [-0.05, 0) is 37.3 Å². The number of nitrogens with one attached hydrogen (secondary N) is 1. The Morgan fingerprint density at radius 1 is 0.794 bits per heavy atom.